The van der Waals surface area contributed by atoms with Gasteiger partial charge in [0, 0.05) is 11.6 Å². The van der Waals surface area contributed by atoms with Crippen LogP contribution in [0.3, 0.4) is 0 Å². The third-order valence-corrected chi connectivity index (χ3v) is 2.94. The molecule has 0 aromatic heterocycles. The third kappa shape index (κ3) is 5.72. The van der Waals surface area contributed by atoms with Crippen molar-refractivity contribution >= 4 is 23.2 Å². The topological polar surface area (TPSA) is 44.5 Å². The van der Waals surface area contributed by atoms with E-state index in [1.165, 1.54) is 5.54 Å². The molecule has 3 nitrogen and oxygen atoms in total. The highest BCUT2D eigenvalue weighted by molar-refractivity contribution is 6.36. The molecule has 0 bridgehead atoms. The van der Waals surface area contributed by atoms with Gasteiger partial charge in [-0.15, -0.1) is 0 Å². The first-order chi connectivity index (χ1) is 9.06. The van der Waals surface area contributed by atoms with Gasteiger partial charge in [0.2, 0.25) is 0 Å². The van der Waals surface area contributed by atoms with Crippen LogP contribution in [0.15, 0.2) is 28.8 Å². The molecule has 0 fully saturated rings. The van der Waals surface area contributed by atoms with E-state index in [0.29, 0.717) is 23.1 Å². The Morgan fingerprint density at radius 1 is 1.37 bits per heavy atom. The highest BCUT2D eigenvalue weighted by Gasteiger charge is 2.08. The Morgan fingerprint density at radius 2 is 2.11 bits per heavy atom. The van der Waals surface area contributed by atoms with E-state index in [1.54, 1.807) is 0 Å². The average molecular weight is 304 g/mol. The molecule has 1 atom stereocenters. The first kappa shape index (κ1) is 16.2. The summed E-state index contributed by atoms with van der Waals surface area (Å²) in [5, 5.41) is 0.434. The summed E-state index contributed by atoms with van der Waals surface area (Å²) >= 11 is 11.3. The predicted octanol–water partition coefficient (Wildman–Crippen LogP) is 3.67. The molecule has 0 aliphatic heterocycles. The quantitative estimate of drug-likeness (QED) is 0.836. The van der Waals surface area contributed by atoms with Gasteiger partial charge < -0.3 is 15.2 Å². The molecule has 0 aliphatic rings. The van der Waals surface area contributed by atoms with Crippen LogP contribution in [-0.4, -0.2) is 19.3 Å². The normalized spacial score (nSPS) is 13.2. The van der Waals surface area contributed by atoms with E-state index in [1.807, 2.05) is 32.0 Å². The second-order valence-electron chi connectivity index (χ2n) is 4.24. The number of benzene rings is 1. The van der Waals surface area contributed by atoms with Crippen LogP contribution in [0.2, 0.25) is 0 Å². The minimum Gasteiger partial charge on any atom is -0.490 e. The summed E-state index contributed by atoms with van der Waals surface area (Å²) in [6.07, 6.45) is 0.794. The Balaban J connectivity index is 2.84. The molecule has 0 spiro atoms. The zero-order valence-corrected chi connectivity index (χ0v) is 12.7. The lowest BCUT2D eigenvalue weighted by Crippen LogP contribution is -2.17. The van der Waals surface area contributed by atoms with Gasteiger partial charge in [0.1, 0.15) is 6.61 Å². The summed E-state index contributed by atoms with van der Waals surface area (Å²) in [4.78, 5) is 0. The Morgan fingerprint density at radius 3 is 2.68 bits per heavy atom. The Kier molecular flexibility index (Phi) is 7.06. The minimum atomic E-state index is 0.106. The molecule has 0 heterocycles. The zero-order valence-electron chi connectivity index (χ0n) is 11.2. The van der Waals surface area contributed by atoms with Gasteiger partial charge in [-0.05, 0) is 38.0 Å². The number of rotatable bonds is 7. The van der Waals surface area contributed by atoms with E-state index >= 15 is 0 Å². The van der Waals surface area contributed by atoms with Gasteiger partial charge in [0.25, 0.3) is 0 Å². The number of hydrogen-bond acceptors (Lipinski definition) is 3. The van der Waals surface area contributed by atoms with Gasteiger partial charge in [-0.25, -0.2) is 0 Å². The van der Waals surface area contributed by atoms with Crippen molar-refractivity contribution in [1.82, 2.24) is 0 Å². The SMILES string of the molecule is CCOc1cc(CC(C)N)ccc1OCC(Cl)=CCl. The van der Waals surface area contributed by atoms with Crippen LogP contribution in [0.4, 0.5) is 0 Å². The standard InChI is InChI=1S/C14H19Cl2NO2/c1-3-18-14-7-11(6-10(2)17)4-5-13(14)19-9-12(16)8-15/h4-5,7-8,10H,3,6,9,17H2,1-2H3. The Bertz CT molecular complexity index is 433. The lowest BCUT2D eigenvalue weighted by atomic mass is 10.1. The summed E-state index contributed by atoms with van der Waals surface area (Å²) < 4.78 is 11.1. The fraction of sp³-hybridized carbons (Fsp3) is 0.429. The molecule has 1 unspecified atom stereocenters. The second-order valence-corrected chi connectivity index (χ2v) is 4.94. The van der Waals surface area contributed by atoms with E-state index in [4.69, 9.17) is 38.4 Å². The van der Waals surface area contributed by atoms with Crippen molar-refractivity contribution in [2.75, 3.05) is 13.2 Å². The minimum absolute atomic E-state index is 0.106. The number of nitrogens with two attached hydrogens (primary N) is 1. The zero-order chi connectivity index (χ0) is 14.3. The van der Waals surface area contributed by atoms with Crippen molar-refractivity contribution in [2.45, 2.75) is 26.3 Å². The number of hydrogen-bond donors (Lipinski definition) is 1. The fourth-order valence-electron chi connectivity index (χ4n) is 1.62. The number of ether oxygens (including phenoxy) is 2. The van der Waals surface area contributed by atoms with Crippen molar-refractivity contribution in [2.24, 2.45) is 5.73 Å². The smallest absolute Gasteiger partial charge is 0.161 e. The fourth-order valence-corrected chi connectivity index (χ4v) is 1.73. The van der Waals surface area contributed by atoms with E-state index in [2.05, 4.69) is 0 Å². The molecule has 1 rings (SSSR count). The van der Waals surface area contributed by atoms with Crippen LogP contribution < -0.4 is 15.2 Å². The molecule has 0 saturated heterocycles. The molecular weight excluding hydrogens is 285 g/mol. The van der Waals surface area contributed by atoms with Crippen LogP contribution >= 0.6 is 23.2 Å². The molecular formula is C14H19Cl2NO2. The van der Waals surface area contributed by atoms with Gasteiger partial charge in [0.15, 0.2) is 11.5 Å². The highest BCUT2D eigenvalue weighted by atomic mass is 35.5. The molecule has 0 saturated carbocycles. The van der Waals surface area contributed by atoms with E-state index < -0.39 is 0 Å². The van der Waals surface area contributed by atoms with Gasteiger partial charge in [-0.3, -0.25) is 0 Å². The maximum absolute atomic E-state index is 5.79. The molecule has 19 heavy (non-hydrogen) atoms. The van der Waals surface area contributed by atoms with Crippen molar-refractivity contribution in [3.63, 3.8) is 0 Å². The van der Waals surface area contributed by atoms with Gasteiger partial charge in [-0.2, -0.15) is 0 Å². The summed E-state index contributed by atoms with van der Waals surface area (Å²) in [5.41, 5.74) is 8.19. The first-order valence-electron chi connectivity index (χ1n) is 6.15. The summed E-state index contributed by atoms with van der Waals surface area (Å²) in [6, 6.07) is 5.89. The van der Waals surface area contributed by atoms with Crippen molar-refractivity contribution in [3.8, 4) is 11.5 Å². The Hall–Kier alpha value is -0.900. The second kappa shape index (κ2) is 8.31. The largest absolute Gasteiger partial charge is 0.490 e. The van der Waals surface area contributed by atoms with E-state index in [-0.39, 0.29) is 12.6 Å². The predicted molar refractivity (Wildman–Crippen MR) is 80.2 cm³/mol. The average Bonchev–Trinajstić information content (AvgIpc) is 2.37. The van der Waals surface area contributed by atoms with Gasteiger partial charge in [0.05, 0.1) is 11.6 Å². The summed E-state index contributed by atoms with van der Waals surface area (Å²) in [5.74, 6) is 1.34. The van der Waals surface area contributed by atoms with Crippen molar-refractivity contribution in [3.05, 3.63) is 34.3 Å². The van der Waals surface area contributed by atoms with Crippen LogP contribution in [0.25, 0.3) is 0 Å². The van der Waals surface area contributed by atoms with E-state index in [9.17, 15) is 0 Å². The highest BCUT2D eigenvalue weighted by Crippen LogP contribution is 2.29. The monoisotopic (exact) mass is 303 g/mol. The van der Waals surface area contributed by atoms with Gasteiger partial charge >= 0.3 is 0 Å². The van der Waals surface area contributed by atoms with Gasteiger partial charge in [-0.1, -0.05) is 29.3 Å². The molecule has 1 aromatic carbocycles. The molecule has 2 N–H and O–H groups in total. The molecule has 0 aliphatic carbocycles. The summed E-state index contributed by atoms with van der Waals surface area (Å²) in [6.45, 7) is 4.68. The van der Waals surface area contributed by atoms with E-state index in [0.717, 1.165) is 12.0 Å². The molecule has 5 heteroatoms. The van der Waals surface area contributed by atoms with Crippen LogP contribution in [0.5, 0.6) is 11.5 Å². The molecule has 0 radical (unpaired) electrons. The maximum Gasteiger partial charge on any atom is 0.161 e. The van der Waals surface area contributed by atoms with Crippen LogP contribution in [0, 0.1) is 0 Å². The third-order valence-electron chi connectivity index (χ3n) is 2.35. The molecule has 106 valence electrons. The lowest BCUT2D eigenvalue weighted by molar-refractivity contribution is 0.295. The lowest BCUT2D eigenvalue weighted by Gasteiger charge is -2.14. The van der Waals surface area contributed by atoms with Crippen LogP contribution in [-0.2, 0) is 6.42 Å². The first-order valence-corrected chi connectivity index (χ1v) is 6.97. The van der Waals surface area contributed by atoms with Crippen molar-refractivity contribution < 1.29 is 9.47 Å². The van der Waals surface area contributed by atoms with Crippen molar-refractivity contribution in [1.29, 1.82) is 0 Å². The number of halogens is 2. The van der Waals surface area contributed by atoms with Crippen LogP contribution in [0.1, 0.15) is 19.4 Å². The molecule has 1 aromatic rings. The Labute approximate surface area is 124 Å². The molecule has 0 amide bonds. The summed E-state index contributed by atoms with van der Waals surface area (Å²) in [7, 11) is 0. The maximum atomic E-state index is 5.79.